The molecule has 1 rings (SSSR count). The van der Waals surface area contributed by atoms with Crippen LogP contribution in [0.15, 0.2) is 0 Å². The van der Waals surface area contributed by atoms with E-state index in [-0.39, 0.29) is 22.9 Å². The molecule has 4 nitrogen and oxygen atoms in total. The SMILES string of the molecule is CC(C(=O)N1CCC(C(C)O)C1)C(N)=S. The summed E-state index contributed by atoms with van der Waals surface area (Å²) in [5.74, 6) is -0.231. The molecule has 0 saturated carbocycles. The summed E-state index contributed by atoms with van der Waals surface area (Å²) in [6.45, 7) is 4.79. The zero-order valence-corrected chi connectivity index (χ0v) is 9.96. The van der Waals surface area contributed by atoms with Crippen LogP contribution in [0.5, 0.6) is 0 Å². The second kappa shape index (κ2) is 4.90. The Morgan fingerprint density at radius 2 is 2.20 bits per heavy atom. The van der Waals surface area contributed by atoms with Crippen LogP contribution in [0.4, 0.5) is 0 Å². The van der Waals surface area contributed by atoms with E-state index in [2.05, 4.69) is 0 Å². The van der Waals surface area contributed by atoms with Crippen LogP contribution in [0.1, 0.15) is 20.3 Å². The van der Waals surface area contributed by atoms with Gasteiger partial charge in [0.05, 0.1) is 17.0 Å². The van der Waals surface area contributed by atoms with Crippen LogP contribution in [0, 0.1) is 11.8 Å². The number of carbonyl (C=O) groups excluding carboxylic acids is 1. The molecule has 0 aliphatic carbocycles. The van der Waals surface area contributed by atoms with Crippen LogP contribution in [0.3, 0.4) is 0 Å². The number of thiocarbonyl (C=S) groups is 1. The summed E-state index contributed by atoms with van der Waals surface area (Å²) in [6, 6.07) is 0. The largest absolute Gasteiger partial charge is 0.393 e. The van der Waals surface area contributed by atoms with Gasteiger partial charge in [-0.2, -0.15) is 0 Å². The summed E-state index contributed by atoms with van der Waals surface area (Å²) in [5.41, 5.74) is 5.43. The van der Waals surface area contributed by atoms with Gasteiger partial charge in [0, 0.05) is 19.0 Å². The number of amides is 1. The third-order valence-corrected chi connectivity index (χ3v) is 3.37. The number of rotatable bonds is 3. The first kappa shape index (κ1) is 12.4. The number of hydrogen-bond acceptors (Lipinski definition) is 3. The van der Waals surface area contributed by atoms with Crippen LogP contribution in [-0.2, 0) is 4.79 Å². The molecule has 0 bridgehead atoms. The topological polar surface area (TPSA) is 66.6 Å². The lowest BCUT2D eigenvalue weighted by Gasteiger charge is -2.20. The highest BCUT2D eigenvalue weighted by Crippen LogP contribution is 2.21. The normalized spacial score (nSPS) is 25.0. The third kappa shape index (κ3) is 2.89. The van der Waals surface area contributed by atoms with Crippen molar-refractivity contribution in [3.8, 4) is 0 Å². The summed E-state index contributed by atoms with van der Waals surface area (Å²) in [4.78, 5) is 13.8. The van der Waals surface area contributed by atoms with Gasteiger partial charge in [0.2, 0.25) is 5.91 Å². The van der Waals surface area contributed by atoms with Crippen LogP contribution in [0.2, 0.25) is 0 Å². The minimum atomic E-state index is -0.396. The summed E-state index contributed by atoms with van der Waals surface area (Å²) < 4.78 is 0. The van der Waals surface area contributed by atoms with Gasteiger partial charge in [-0.25, -0.2) is 0 Å². The van der Waals surface area contributed by atoms with Gasteiger partial charge >= 0.3 is 0 Å². The quantitative estimate of drug-likeness (QED) is 0.677. The zero-order chi connectivity index (χ0) is 11.6. The molecule has 1 amide bonds. The van der Waals surface area contributed by atoms with Gasteiger partial charge in [-0.05, 0) is 20.3 Å². The highest BCUT2D eigenvalue weighted by atomic mass is 32.1. The molecule has 0 spiro atoms. The van der Waals surface area contributed by atoms with E-state index in [9.17, 15) is 9.90 Å². The first-order chi connectivity index (χ1) is 6.93. The number of hydrogen-bond donors (Lipinski definition) is 2. The third-order valence-electron chi connectivity index (χ3n) is 3.02. The van der Waals surface area contributed by atoms with Crippen molar-refractivity contribution in [1.82, 2.24) is 4.90 Å². The molecule has 1 fully saturated rings. The van der Waals surface area contributed by atoms with E-state index >= 15 is 0 Å². The minimum absolute atomic E-state index is 0.0225. The number of carbonyl (C=O) groups is 1. The van der Waals surface area contributed by atoms with Crippen LogP contribution in [-0.4, -0.2) is 40.1 Å². The van der Waals surface area contributed by atoms with Gasteiger partial charge < -0.3 is 15.7 Å². The summed E-state index contributed by atoms with van der Waals surface area (Å²) >= 11 is 4.79. The average molecular weight is 230 g/mol. The molecular weight excluding hydrogens is 212 g/mol. The van der Waals surface area contributed by atoms with Gasteiger partial charge in [-0.1, -0.05) is 12.2 Å². The monoisotopic (exact) mass is 230 g/mol. The molecule has 5 heteroatoms. The fourth-order valence-corrected chi connectivity index (χ4v) is 1.88. The fourth-order valence-electron chi connectivity index (χ4n) is 1.78. The van der Waals surface area contributed by atoms with Crippen LogP contribution < -0.4 is 5.73 Å². The van der Waals surface area contributed by atoms with E-state index in [0.717, 1.165) is 6.42 Å². The molecule has 3 N–H and O–H groups in total. The maximum absolute atomic E-state index is 11.8. The van der Waals surface area contributed by atoms with Crippen molar-refractivity contribution in [2.24, 2.45) is 17.6 Å². The van der Waals surface area contributed by atoms with Crippen molar-refractivity contribution in [1.29, 1.82) is 0 Å². The Morgan fingerprint density at radius 1 is 1.60 bits per heavy atom. The molecule has 15 heavy (non-hydrogen) atoms. The molecule has 86 valence electrons. The van der Waals surface area contributed by atoms with Gasteiger partial charge in [-0.15, -0.1) is 0 Å². The van der Waals surface area contributed by atoms with Gasteiger partial charge in [-0.3, -0.25) is 4.79 Å². The molecule has 0 radical (unpaired) electrons. The Kier molecular flexibility index (Phi) is 4.04. The number of likely N-dealkylation sites (tertiary alicyclic amines) is 1. The maximum atomic E-state index is 11.8. The lowest BCUT2D eigenvalue weighted by molar-refractivity contribution is -0.132. The Morgan fingerprint density at radius 3 is 2.60 bits per heavy atom. The smallest absolute Gasteiger partial charge is 0.232 e. The molecule has 0 aromatic heterocycles. The summed E-state index contributed by atoms with van der Waals surface area (Å²) in [6.07, 6.45) is 0.496. The van der Waals surface area contributed by atoms with E-state index < -0.39 is 5.92 Å². The molecule has 3 atom stereocenters. The number of nitrogens with two attached hydrogens (primary N) is 1. The van der Waals surface area contributed by atoms with E-state index in [0.29, 0.717) is 13.1 Å². The van der Waals surface area contributed by atoms with Gasteiger partial charge in [0.25, 0.3) is 0 Å². The molecule has 3 unspecified atom stereocenters. The van der Waals surface area contributed by atoms with Crippen molar-refractivity contribution in [3.63, 3.8) is 0 Å². The molecule has 1 aliphatic heterocycles. The van der Waals surface area contributed by atoms with Crippen molar-refractivity contribution in [2.75, 3.05) is 13.1 Å². The minimum Gasteiger partial charge on any atom is -0.393 e. The predicted molar refractivity (Wildman–Crippen MR) is 62.3 cm³/mol. The molecule has 0 aromatic carbocycles. The summed E-state index contributed by atoms with van der Waals surface area (Å²) in [5, 5.41) is 9.41. The Bertz CT molecular complexity index is 268. The first-order valence-corrected chi connectivity index (χ1v) is 5.60. The first-order valence-electron chi connectivity index (χ1n) is 5.19. The predicted octanol–water partition coefficient (Wildman–Crippen LogP) is 0.138. The number of aliphatic hydroxyl groups excluding tert-OH is 1. The second-order valence-corrected chi connectivity index (χ2v) is 4.67. The Balaban J connectivity index is 2.54. The molecular formula is C10H18N2O2S. The van der Waals surface area contributed by atoms with Gasteiger partial charge in [0.15, 0.2) is 0 Å². The van der Waals surface area contributed by atoms with Gasteiger partial charge in [0.1, 0.15) is 0 Å². The Hall–Kier alpha value is -0.680. The van der Waals surface area contributed by atoms with Crippen LogP contribution in [0.25, 0.3) is 0 Å². The van der Waals surface area contributed by atoms with Crippen LogP contribution >= 0.6 is 12.2 Å². The zero-order valence-electron chi connectivity index (χ0n) is 9.14. The van der Waals surface area contributed by atoms with E-state index in [1.165, 1.54) is 0 Å². The maximum Gasteiger partial charge on any atom is 0.232 e. The van der Waals surface area contributed by atoms with Crippen molar-refractivity contribution in [3.05, 3.63) is 0 Å². The van der Waals surface area contributed by atoms with Crippen molar-refractivity contribution >= 4 is 23.1 Å². The number of aliphatic hydroxyl groups is 1. The molecule has 1 heterocycles. The average Bonchev–Trinajstić information content (AvgIpc) is 2.64. The summed E-state index contributed by atoms with van der Waals surface area (Å²) in [7, 11) is 0. The van der Waals surface area contributed by atoms with E-state index in [4.69, 9.17) is 18.0 Å². The number of nitrogens with zero attached hydrogens (tertiary/aromatic N) is 1. The molecule has 0 aromatic rings. The van der Waals surface area contributed by atoms with E-state index in [1.807, 2.05) is 0 Å². The van der Waals surface area contributed by atoms with Crippen molar-refractivity contribution in [2.45, 2.75) is 26.4 Å². The highest BCUT2D eigenvalue weighted by molar-refractivity contribution is 7.80. The standard InChI is InChI=1S/C10H18N2O2S/c1-6(9(11)15)10(14)12-4-3-8(5-12)7(2)13/h6-8,13H,3-5H2,1-2H3,(H2,11,15). The Labute approximate surface area is 95.4 Å². The van der Waals surface area contributed by atoms with Crippen molar-refractivity contribution < 1.29 is 9.90 Å². The second-order valence-electron chi connectivity index (χ2n) is 4.20. The highest BCUT2D eigenvalue weighted by Gasteiger charge is 2.31. The molecule has 1 saturated heterocycles. The fraction of sp³-hybridized carbons (Fsp3) is 0.800. The van der Waals surface area contributed by atoms with E-state index in [1.54, 1.807) is 18.7 Å². The molecule has 1 aliphatic rings. The lowest BCUT2D eigenvalue weighted by Crippen LogP contribution is -2.39. The lowest BCUT2D eigenvalue weighted by atomic mass is 10.0.